The van der Waals surface area contributed by atoms with Crippen molar-refractivity contribution in [3.8, 4) is 0 Å². The summed E-state index contributed by atoms with van der Waals surface area (Å²) in [5, 5.41) is 29.9. The van der Waals surface area contributed by atoms with Gasteiger partial charge in [0.15, 0.2) is 11.4 Å². The number of hydrogen-bond acceptors (Lipinski definition) is 6. The molecule has 2 aliphatic heterocycles. The van der Waals surface area contributed by atoms with Gasteiger partial charge in [-0.25, -0.2) is 0 Å². The van der Waals surface area contributed by atoms with Gasteiger partial charge in [-0.15, -0.1) is 0 Å². The van der Waals surface area contributed by atoms with Gasteiger partial charge >= 0.3 is 24.7 Å². The Morgan fingerprint density at radius 2 is 0.814 bits per heavy atom. The van der Waals surface area contributed by atoms with Crippen LogP contribution in [0.15, 0.2) is 45.3 Å². The second-order valence-electron chi connectivity index (χ2n) is 18.0. The Hall–Kier alpha value is -4.28. The van der Waals surface area contributed by atoms with E-state index in [2.05, 4.69) is 42.5 Å². The lowest BCUT2D eigenvalue weighted by molar-refractivity contribution is -0.144. The first-order valence-electron chi connectivity index (χ1n) is 22.7. The highest BCUT2D eigenvalue weighted by atomic mass is 79.9. The van der Waals surface area contributed by atoms with Crippen LogP contribution in [0.3, 0.4) is 0 Å². The Morgan fingerprint density at radius 1 is 0.486 bits per heavy atom. The number of halogens is 14. The maximum Gasteiger partial charge on any atom is 0.416 e. The van der Waals surface area contributed by atoms with Gasteiger partial charge in [-0.2, -0.15) is 52.7 Å². The SMILES string of the molecule is CCCCCCCCN1C(=O)c2c(Br)c(Nc3cc(C(F)(F)F)cc(C(F)(F)F)c3)c3c4c(c(Nc5cc(C(F)(F)F)cc(C(F)(F)F)c5)c(Br)c(c24)C1(C)O)C(C)(O)N(CCCCCCCC)C3=O. The zero-order chi connectivity index (χ0) is 52.1. The van der Waals surface area contributed by atoms with Gasteiger partial charge in [0.05, 0.1) is 53.7 Å². The van der Waals surface area contributed by atoms with Crippen molar-refractivity contribution in [1.29, 1.82) is 0 Å². The van der Waals surface area contributed by atoms with Crippen LogP contribution in [-0.4, -0.2) is 44.9 Å². The van der Waals surface area contributed by atoms with Crippen LogP contribution in [0.4, 0.5) is 75.4 Å². The molecule has 0 fully saturated rings. The molecule has 6 rings (SSSR count). The molecule has 0 saturated carbocycles. The minimum absolute atomic E-state index is 0.111. The summed E-state index contributed by atoms with van der Waals surface area (Å²) < 4.78 is 171. The minimum Gasteiger partial charge on any atom is -0.367 e. The zero-order valence-corrected chi connectivity index (χ0v) is 41.4. The average molecular weight is 1130 g/mol. The van der Waals surface area contributed by atoms with Crippen LogP contribution in [0.2, 0.25) is 0 Å². The van der Waals surface area contributed by atoms with Crippen molar-refractivity contribution in [3.63, 3.8) is 0 Å². The normalized spacial score (nSPS) is 18.6. The number of rotatable bonds is 18. The predicted octanol–water partition coefficient (Wildman–Crippen LogP) is 15.9. The van der Waals surface area contributed by atoms with Crippen molar-refractivity contribution in [3.05, 3.63) is 89.9 Å². The molecule has 2 unspecified atom stereocenters. The lowest BCUT2D eigenvalue weighted by Gasteiger charge is -2.48. The lowest BCUT2D eigenvalue weighted by atomic mass is 9.77. The standard InChI is InChI=1S/C48H50Br2F12N4O4/c1-5-7-9-11-13-15-17-65-41(67)33-31-32-34(39(37(33)49)63-29-21-25(45(51,52)53)19-26(22-29)46(54,55)56)42(68)66(18-16-14-12-10-8-6-2)44(4,70)36(32)40(38(50)35(31)43(65,3)69)64-30-23-27(47(57,58)59)20-28(24-30)48(60,61)62/h19-24,63-64,69-70H,5-18H2,1-4H3. The average Bonchev–Trinajstić information content (AvgIpc) is 3.24. The summed E-state index contributed by atoms with van der Waals surface area (Å²) in [6.45, 7) is 5.85. The molecule has 2 atom stereocenters. The van der Waals surface area contributed by atoms with Crippen LogP contribution in [-0.2, 0) is 36.2 Å². The van der Waals surface area contributed by atoms with E-state index in [0.717, 1.165) is 61.7 Å². The number of unbranched alkanes of at least 4 members (excludes halogenated alkanes) is 10. The molecule has 0 aromatic heterocycles. The van der Waals surface area contributed by atoms with E-state index in [1.165, 1.54) is 6.92 Å². The molecule has 2 amide bonds. The van der Waals surface area contributed by atoms with Crippen LogP contribution in [0.25, 0.3) is 10.8 Å². The molecule has 0 saturated heterocycles. The van der Waals surface area contributed by atoms with Gasteiger partial charge in [-0.3, -0.25) is 9.59 Å². The smallest absolute Gasteiger partial charge is 0.367 e. The van der Waals surface area contributed by atoms with Crippen LogP contribution >= 0.6 is 31.9 Å². The first-order valence-corrected chi connectivity index (χ1v) is 24.2. The van der Waals surface area contributed by atoms with Crippen LogP contribution in [0.1, 0.15) is 159 Å². The van der Waals surface area contributed by atoms with E-state index in [0.29, 0.717) is 49.9 Å². The van der Waals surface area contributed by atoms with Crippen LogP contribution in [0.5, 0.6) is 0 Å². The van der Waals surface area contributed by atoms with E-state index in [-0.39, 0.29) is 51.5 Å². The second-order valence-corrected chi connectivity index (χ2v) is 19.5. The van der Waals surface area contributed by atoms with Crippen molar-refractivity contribution in [1.82, 2.24) is 9.80 Å². The molecule has 384 valence electrons. The summed E-state index contributed by atoms with van der Waals surface area (Å²) in [6.07, 6.45) is -13.1. The number of carbonyl (C=O) groups is 2. The number of amides is 2. The topological polar surface area (TPSA) is 105 Å². The summed E-state index contributed by atoms with van der Waals surface area (Å²) in [4.78, 5) is 32.2. The Balaban J connectivity index is 1.75. The molecule has 4 aromatic carbocycles. The second kappa shape index (κ2) is 20.3. The van der Waals surface area contributed by atoms with Gasteiger partial charge < -0.3 is 30.6 Å². The third kappa shape index (κ3) is 10.9. The highest BCUT2D eigenvalue weighted by Crippen LogP contribution is 2.58. The number of nitrogens with one attached hydrogen (secondary N) is 2. The molecule has 0 aliphatic carbocycles. The number of aliphatic hydroxyl groups is 2. The number of nitrogens with zero attached hydrogens (tertiary/aromatic N) is 2. The summed E-state index contributed by atoms with van der Waals surface area (Å²) in [5.41, 5.74) is -16.4. The lowest BCUT2D eigenvalue weighted by Crippen LogP contribution is -2.54. The number of anilines is 4. The number of alkyl halides is 12. The van der Waals surface area contributed by atoms with E-state index in [9.17, 15) is 62.9 Å². The Bertz CT molecular complexity index is 2580. The maximum atomic E-state index is 15.3. The van der Waals surface area contributed by atoms with E-state index in [4.69, 9.17) is 0 Å². The van der Waals surface area contributed by atoms with Gasteiger partial charge in [0.2, 0.25) is 0 Å². The zero-order valence-electron chi connectivity index (χ0n) is 38.3. The molecule has 70 heavy (non-hydrogen) atoms. The van der Waals surface area contributed by atoms with Crippen LogP contribution in [0, 0.1) is 0 Å². The summed E-state index contributed by atoms with van der Waals surface area (Å²) in [7, 11) is 0. The predicted molar refractivity (Wildman–Crippen MR) is 247 cm³/mol. The number of carbonyl (C=O) groups excluding carboxylic acids is 2. The monoisotopic (exact) mass is 1130 g/mol. The fourth-order valence-electron chi connectivity index (χ4n) is 9.27. The molecule has 0 spiro atoms. The largest absolute Gasteiger partial charge is 0.416 e. The molecule has 2 heterocycles. The summed E-state index contributed by atoms with van der Waals surface area (Å²) in [5.74, 6) is -2.02. The molecule has 4 N–H and O–H groups in total. The van der Waals surface area contributed by atoms with E-state index in [1.807, 2.05) is 13.8 Å². The van der Waals surface area contributed by atoms with Crippen LogP contribution < -0.4 is 10.6 Å². The summed E-state index contributed by atoms with van der Waals surface area (Å²) >= 11 is 6.80. The molecule has 2 aliphatic rings. The molecule has 22 heteroatoms. The van der Waals surface area contributed by atoms with Crippen molar-refractivity contribution in [2.24, 2.45) is 0 Å². The Morgan fingerprint density at radius 3 is 1.20 bits per heavy atom. The highest BCUT2D eigenvalue weighted by molar-refractivity contribution is 9.11. The van der Waals surface area contributed by atoms with Gasteiger partial charge in [-0.05, 0) is 94.9 Å². The summed E-state index contributed by atoms with van der Waals surface area (Å²) in [6, 6.07) is 1.17. The third-order valence-electron chi connectivity index (χ3n) is 12.7. The molecular formula is C48H50Br2F12N4O4. The van der Waals surface area contributed by atoms with E-state index < -0.39 is 115 Å². The minimum atomic E-state index is -5.33. The van der Waals surface area contributed by atoms with Crippen molar-refractivity contribution in [2.75, 3.05) is 23.7 Å². The van der Waals surface area contributed by atoms with Gasteiger partial charge in [0.1, 0.15) is 0 Å². The Labute approximate surface area is 412 Å². The molecule has 0 bridgehead atoms. The molecule has 8 nitrogen and oxygen atoms in total. The van der Waals surface area contributed by atoms with E-state index in [1.54, 1.807) is 0 Å². The fourth-order valence-corrected chi connectivity index (χ4v) is 10.8. The third-order valence-corrected chi connectivity index (χ3v) is 14.3. The van der Waals surface area contributed by atoms with Gasteiger partial charge in [0, 0.05) is 46.4 Å². The van der Waals surface area contributed by atoms with Crippen molar-refractivity contribution in [2.45, 2.75) is 141 Å². The van der Waals surface area contributed by atoms with Gasteiger partial charge in [0.25, 0.3) is 11.8 Å². The van der Waals surface area contributed by atoms with Crippen molar-refractivity contribution < 1.29 is 72.5 Å². The Kier molecular flexibility index (Phi) is 16.0. The van der Waals surface area contributed by atoms with Gasteiger partial charge in [-0.1, -0.05) is 78.1 Å². The van der Waals surface area contributed by atoms with Crippen molar-refractivity contribution >= 4 is 77.2 Å². The van der Waals surface area contributed by atoms with E-state index >= 15 is 9.59 Å². The molecule has 4 aromatic rings. The molecular weight excluding hydrogens is 1080 g/mol. The fraction of sp³-hybridized carbons (Fsp3) is 0.500. The quantitative estimate of drug-likeness (QED) is 0.0584. The number of benzene rings is 4. The maximum absolute atomic E-state index is 15.3. The first kappa shape index (κ1) is 55.0. The first-order chi connectivity index (χ1) is 32.4. The highest BCUT2D eigenvalue weighted by Gasteiger charge is 2.53. The number of hydrogen-bond donors (Lipinski definition) is 4. The molecule has 0 radical (unpaired) electrons.